The Morgan fingerprint density at radius 1 is 1.32 bits per heavy atom. The molecule has 25 heavy (non-hydrogen) atoms. The van der Waals surface area contributed by atoms with Gasteiger partial charge in [-0.25, -0.2) is 4.39 Å². The molecule has 1 aromatic heterocycles. The maximum absolute atomic E-state index is 13.0. The highest BCUT2D eigenvalue weighted by Crippen LogP contribution is 2.23. The quantitative estimate of drug-likeness (QED) is 0.827. The molecule has 5 heteroatoms. The van der Waals surface area contributed by atoms with Crippen LogP contribution in [0.5, 0.6) is 0 Å². The van der Waals surface area contributed by atoms with E-state index in [9.17, 15) is 9.18 Å². The maximum Gasteiger partial charge on any atom is 0.257 e. The second kappa shape index (κ2) is 7.81. The molecular formula is C20H26FN3O. The summed E-state index contributed by atoms with van der Waals surface area (Å²) in [7, 11) is 0. The van der Waals surface area contributed by atoms with Crippen LogP contribution in [-0.2, 0) is 13.0 Å². The van der Waals surface area contributed by atoms with E-state index in [1.54, 1.807) is 0 Å². The number of hydrogen-bond donors (Lipinski definition) is 0. The topological polar surface area (TPSA) is 38.1 Å². The number of aromatic nitrogens is 2. The average Bonchev–Trinajstić information content (AvgIpc) is 3.02. The van der Waals surface area contributed by atoms with Gasteiger partial charge >= 0.3 is 0 Å². The maximum atomic E-state index is 13.0. The molecule has 1 aliphatic heterocycles. The van der Waals surface area contributed by atoms with E-state index < -0.39 is 0 Å². The van der Waals surface area contributed by atoms with E-state index in [0.717, 1.165) is 62.1 Å². The fourth-order valence-corrected chi connectivity index (χ4v) is 3.57. The first-order chi connectivity index (χ1) is 12.1. The van der Waals surface area contributed by atoms with E-state index in [2.05, 4.69) is 5.10 Å². The SMILES string of the molecule is CCn1cc(C(=O)N2CCC[C@H](CCc3ccc(F)cc3)C2)c(C)n1. The lowest BCUT2D eigenvalue weighted by Crippen LogP contribution is -2.40. The number of carbonyl (C=O) groups is 1. The van der Waals surface area contributed by atoms with Gasteiger partial charge in [0.2, 0.25) is 0 Å². The molecule has 0 spiro atoms. The van der Waals surface area contributed by atoms with Crippen LogP contribution in [0.25, 0.3) is 0 Å². The summed E-state index contributed by atoms with van der Waals surface area (Å²) in [5.74, 6) is 0.411. The highest BCUT2D eigenvalue weighted by atomic mass is 19.1. The van der Waals surface area contributed by atoms with Crippen LogP contribution in [0.3, 0.4) is 0 Å². The van der Waals surface area contributed by atoms with Crippen LogP contribution in [0.2, 0.25) is 0 Å². The van der Waals surface area contributed by atoms with Gasteiger partial charge in [0.05, 0.1) is 11.3 Å². The number of piperidine rings is 1. The molecule has 1 saturated heterocycles. The van der Waals surface area contributed by atoms with Crippen LogP contribution in [0.15, 0.2) is 30.5 Å². The van der Waals surface area contributed by atoms with Crippen molar-refractivity contribution in [3.63, 3.8) is 0 Å². The van der Waals surface area contributed by atoms with E-state index >= 15 is 0 Å². The third-order valence-corrected chi connectivity index (χ3v) is 5.06. The summed E-state index contributed by atoms with van der Waals surface area (Å²) in [6.07, 6.45) is 6.02. The monoisotopic (exact) mass is 343 g/mol. The highest BCUT2D eigenvalue weighted by molar-refractivity contribution is 5.95. The molecule has 134 valence electrons. The van der Waals surface area contributed by atoms with Crippen molar-refractivity contribution in [3.05, 3.63) is 53.1 Å². The van der Waals surface area contributed by atoms with E-state index in [-0.39, 0.29) is 11.7 Å². The summed E-state index contributed by atoms with van der Waals surface area (Å²) in [4.78, 5) is 14.8. The number of nitrogens with zero attached hydrogens (tertiary/aromatic N) is 3. The molecular weight excluding hydrogens is 317 g/mol. The molecule has 0 aliphatic carbocycles. The van der Waals surface area contributed by atoms with Gasteiger partial charge in [-0.15, -0.1) is 0 Å². The molecule has 0 radical (unpaired) electrons. The Labute approximate surface area is 148 Å². The first kappa shape index (κ1) is 17.6. The first-order valence-corrected chi connectivity index (χ1v) is 9.14. The zero-order valence-corrected chi connectivity index (χ0v) is 15.0. The Hall–Kier alpha value is -2.17. The summed E-state index contributed by atoms with van der Waals surface area (Å²) in [5, 5.41) is 4.39. The Morgan fingerprint density at radius 3 is 2.76 bits per heavy atom. The van der Waals surface area contributed by atoms with E-state index in [4.69, 9.17) is 0 Å². The van der Waals surface area contributed by atoms with Crippen molar-refractivity contribution in [2.45, 2.75) is 46.1 Å². The zero-order valence-electron chi connectivity index (χ0n) is 15.0. The average molecular weight is 343 g/mol. The molecule has 3 rings (SSSR count). The molecule has 2 heterocycles. The normalized spacial score (nSPS) is 17.7. The summed E-state index contributed by atoms with van der Waals surface area (Å²) in [5.41, 5.74) is 2.69. The second-order valence-electron chi connectivity index (χ2n) is 6.91. The van der Waals surface area contributed by atoms with E-state index in [0.29, 0.717) is 5.92 Å². The molecule has 0 unspecified atom stereocenters. The molecule has 0 bridgehead atoms. The second-order valence-corrected chi connectivity index (χ2v) is 6.91. The molecule has 1 atom stereocenters. The predicted molar refractivity (Wildman–Crippen MR) is 96.0 cm³/mol. The van der Waals surface area contributed by atoms with Gasteiger partial charge in [-0.1, -0.05) is 12.1 Å². The van der Waals surface area contributed by atoms with Crippen molar-refractivity contribution in [1.82, 2.24) is 14.7 Å². The molecule has 1 amide bonds. The Bertz CT molecular complexity index is 723. The lowest BCUT2D eigenvalue weighted by molar-refractivity contribution is 0.0667. The van der Waals surface area contributed by atoms with Gasteiger partial charge in [-0.2, -0.15) is 5.10 Å². The fourth-order valence-electron chi connectivity index (χ4n) is 3.57. The van der Waals surface area contributed by atoms with Crippen molar-refractivity contribution in [1.29, 1.82) is 0 Å². The molecule has 1 aliphatic rings. The van der Waals surface area contributed by atoms with Crippen LogP contribution >= 0.6 is 0 Å². The summed E-state index contributed by atoms with van der Waals surface area (Å²) < 4.78 is 14.8. The Kier molecular flexibility index (Phi) is 5.51. The summed E-state index contributed by atoms with van der Waals surface area (Å²) >= 11 is 0. The minimum atomic E-state index is -0.193. The van der Waals surface area contributed by atoms with Crippen LogP contribution in [-0.4, -0.2) is 33.7 Å². The van der Waals surface area contributed by atoms with Gasteiger partial charge in [0, 0.05) is 25.8 Å². The third kappa shape index (κ3) is 4.27. The summed E-state index contributed by atoms with van der Waals surface area (Å²) in [6.45, 7) is 6.32. The van der Waals surface area contributed by atoms with Crippen molar-refractivity contribution < 1.29 is 9.18 Å². The molecule has 1 fully saturated rings. The molecule has 0 N–H and O–H groups in total. The van der Waals surface area contributed by atoms with Gasteiger partial charge in [0.15, 0.2) is 0 Å². The Morgan fingerprint density at radius 2 is 2.08 bits per heavy atom. The number of benzene rings is 1. The number of carbonyl (C=O) groups excluding carboxylic acids is 1. The predicted octanol–water partition coefficient (Wildman–Crippen LogP) is 3.84. The van der Waals surface area contributed by atoms with Crippen LogP contribution in [0.1, 0.15) is 47.8 Å². The Balaban J connectivity index is 1.59. The van der Waals surface area contributed by atoms with Gasteiger partial charge in [0.1, 0.15) is 5.82 Å². The molecule has 0 saturated carbocycles. The van der Waals surface area contributed by atoms with Crippen molar-refractivity contribution in [2.75, 3.05) is 13.1 Å². The number of amides is 1. The number of aryl methyl sites for hydroxylation is 3. The number of likely N-dealkylation sites (tertiary alicyclic amines) is 1. The molecule has 2 aromatic rings. The minimum Gasteiger partial charge on any atom is -0.338 e. The van der Waals surface area contributed by atoms with Crippen LogP contribution < -0.4 is 0 Å². The molecule has 1 aromatic carbocycles. The third-order valence-electron chi connectivity index (χ3n) is 5.06. The minimum absolute atomic E-state index is 0.101. The number of rotatable bonds is 5. The number of hydrogen-bond acceptors (Lipinski definition) is 2. The van der Waals surface area contributed by atoms with Gasteiger partial charge in [-0.05, 0) is 63.1 Å². The first-order valence-electron chi connectivity index (χ1n) is 9.14. The van der Waals surface area contributed by atoms with Crippen LogP contribution in [0, 0.1) is 18.7 Å². The fraction of sp³-hybridized carbons (Fsp3) is 0.500. The van der Waals surface area contributed by atoms with Gasteiger partial charge < -0.3 is 4.90 Å². The van der Waals surface area contributed by atoms with Crippen molar-refractivity contribution in [2.24, 2.45) is 5.92 Å². The van der Waals surface area contributed by atoms with Crippen LogP contribution in [0.4, 0.5) is 4.39 Å². The van der Waals surface area contributed by atoms with Gasteiger partial charge in [-0.3, -0.25) is 9.48 Å². The lowest BCUT2D eigenvalue weighted by atomic mass is 9.91. The highest BCUT2D eigenvalue weighted by Gasteiger charge is 2.26. The smallest absolute Gasteiger partial charge is 0.257 e. The molecule has 4 nitrogen and oxygen atoms in total. The van der Waals surface area contributed by atoms with Crippen molar-refractivity contribution in [3.8, 4) is 0 Å². The lowest BCUT2D eigenvalue weighted by Gasteiger charge is -2.32. The standard InChI is InChI=1S/C20H26FN3O/c1-3-24-14-19(15(2)22-24)20(25)23-12-4-5-17(13-23)7-6-16-8-10-18(21)11-9-16/h8-11,14,17H,3-7,12-13H2,1-2H3/t17-/m1/s1. The number of halogens is 1. The van der Waals surface area contributed by atoms with E-state index in [1.165, 1.54) is 12.1 Å². The van der Waals surface area contributed by atoms with Gasteiger partial charge in [0.25, 0.3) is 5.91 Å². The largest absolute Gasteiger partial charge is 0.338 e. The van der Waals surface area contributed by atoms with E-state index in [1.807, 2.05) is 41.8 Å². The zero-order chi connectivity index (χ0) is 17.8. The summed E-state index contributed by atoms with van der Waals surface area (Å²) in [6, 6.07) is 6.73. The van der Waals surface area contributed by atoms with Crippen molar-refractivity contribution >= 4 is 5.91 Å².